The van der Waals surface area contributed by atoms with E-state index in [1.54, 1.807) is 0 Å². The summed E-state index contributed by atoms with van der Waals surface area (Å²) in [4.78, 5) is 12.5. The number of carboxylic acids is 1. The zero-order valence-corrected chi connectivity index (χ0v) is 6.49. The summed E-state index contributed by atoms with van der Waals surface area (Å²) < 4.78 is 0. The molecule has 2 aliphatic rings. The van der Waals surface area contributed by atoms with Gasteiger partial charge in [0.1, 0.15) is 0 Å². The topological polar surface area (TPSA) is 40.5 Å². The van der Waals surface area contributed by atoms with Crippen LogP contribution in [0.2, 0.25) is 0 Å². The third-order valence-electron chi connectivity index (χ3n) is 2.86. The number of likely N-dealkylation sites (tertiary alicyclic amines) is 1. The Morgan fingerprint density at radius 2 is 2.36 bits per heavy atom. The lowest BCUT2D eigenvalue weighted by Gasteiger charge is -2.24. The van der Waals surface area contributed by atoms with Crippen LogP contribution >= 0.6 is 0 Å². The van der Waals surface area contributed by atoms with Crippen LogP contribution in [0.5, 0.6) is 0 Å². The van der Waals surface area contributed by atoms with Crippen molar-refractivity contribution in [1.82, 2.24) is 4.90 Å². The van der Waals surface area contributed by atoms with E-state index in [9.17, 15) is 4.79 Å². The fourth-order valence-corrected chi connectivity index (χ4v) is 2.39. The third-order valence-corrected chi connectivity index (χ3v) is 2.86. The third kappa shape index (κ3) is 1.25. The summed E-state index contributed by atoms with van der Waals surface area (Å²) in [5, 5.41) is 8.56. The summed E-state index contributed by atoms with van der Waals surface area (Å²) in [5.41, 5.74) is 0. The van der Waals surface area contributed by atoms with Gasteiger partial charge in [-0.2, -0.15) is 0 Å². The number of hydrogen-bond donors (Lipinski definition) is 1. The summed E-state index contributed by atoms with van der Waals surface area (Å²) in [5.74, 6) is 0.122. The standard InChI is InChI=1S/C8H13NO2/c10-8(11)5-9-4-6-1-2-7(9)3-6/h6-7H,1-5H2,(H,10,11)/t6-,7-/m1/s1. The Hall–Kier alpha value is -0.570. The smallest absolute Gasteiger partial charge is 0.317 e. The second-order valence-electron chi connectivity index (χ2n) is 3.66. The van der Waals surface area contributed by atoms with Crippen molar-refractivity contribution < 1.29 is 9.90 Å². The molecule has 0 unspecified atom stereocenters. The van der Waals surface area contributed by atoms with Crippen molar-refractivity contribution in [3.63, 3.8) is 0 Å². The summed E-state index contributed by atoms with van der Waals surface area (Å²) in [7, 11) is 0. The second-order valence-corrected chi connectivity index (χ2v) is 3.66. The lowest BCUT2D eigenvalue weighted by Crippen LogP contribution is -2.36. The predicted octanol–water partition coefficient (Wildman–Crippen LogP) is 0.555. The van der Waals surface area contributed by atoms with Crippen LogP contribution < -0.4 is 0 Å². The molecular weight excluding hydrogens is 142 g/mol. The highest BCUT2D eigenvalue weighted by Crippen LogP contribution is 2.36. The van der Waals surface area contributed by atoms with Crippen LogP contribution in [0.4, 0.5) is 0 Å². The van der Waals surface area contributed by atoms with Crippen molar-refractivity contribution in [3.8, 4) is 0 Å². The number of aliphatic carboxylic acids is 1. The highest BCUT2D eigenvalue weighted by Gasteiger charge is 2.38. The molecule has 0 aromatic carbocycles. The van der Waals surface area contributed by atoms with Crippen molar-refractivity contribution in [2.45, 2.75) is 25.3 Å². The predicted molar refractivity (Wildman–Crippen MR) is 40.3 cm³/mol. The van der Waals surface area contributed by atoms with Gasteiger partial charge in [-0.05, 0) is 25.2 Å². The molecule has 0 aromatic rings. The molecule has 2 atom stereocenters. The first kappa shape index (κ1) is 7.10. The Balaban J connectivity index is 1.92. The summed E-state index contributed by atoms with van der Waals surface area (Å²) in [6.07, 6.45) is 3.78. The minimum Gasteiger partial charge on any atom is -0.480 e. The molecule has 2 rings (SSSR count). The molecule has 62 valence electrons. The highest BCUT2D eigenvalue weighted by atomic mass is 16.4. The van der Waals surface area contributed by atoms with Crippen LogP contribution in [0.3, 0.4) is 0 Å². The molecule has 3 nitrogen and oxygen atoms in total. The number of hydrogen-bond acceptors (Lipinski definition) is 2. The number of carbonyl (C=O) groups is 1. The minimum absolute atomic E-state index is 0.251. The largest absolute Gasteiger partial charge is 0.480 e. The van der Waals surface area contributed by atoms with Gasteiger partial charge in [0.25, 0.3) is 0 Å². The van der Waals surface area contributed by atoms with Crippen molar-refractivity contribution in [3.05, 3.63) is 0 Å². The van der Waals surface area contributed by atoms with E-state index in [1.165, 1.54) is 19.3 Å². The van der Waals surface area contributed by atoms with Crippen LogP contribution in [0.15, 0.2) is 0 Å². The zero-order chi connectivity index (χ0) is 7.84. The number of fused-ring (bicyclic) bond motifs is 2. The van der Waals surface area contributed by atoms with Crippen LogP contribution in [0.1, 0.15) is 19.3 Å². The lowest BCUT2D eigenvalue weighted by molar-refractivity contribution is -0.138. The molecular formula is C8H13NO2. The number of piperidine rings is 1. The maximum Gasteiger partial charge on any atom is 0.317 e. The average molecular weight is 155 g/mol. The van der Waals surface area contributed by atoms with Gasteiger partial charge in [0.05, 0.1) is 6.54 Å². The van der Waals surface area contributed by atoms with Crippen molar-refractivity contribution in [2.24, 2.45) is 5.92 Å². The van der Waals surface area contributed by atoms with E-state index in [1.807, 2.05) is 0 Å². The second kappa shape index (κ2) is 2.48. The van der Waals surface area contributed by atoms with E-state index in [4.69, 9.17) is 5.11 Å². The average Bonchev–Trinajstić information content (AvgIpc) is 2.45. The van der Waals surface area contributed by atoms with Gasteiger partial charge in [-0.25, -0.2) is 0 Å². The minimum atomic E-state index is -0.683. The molecule has 3 heteroatoms. The zero-order valence-electron chi connectivity index (χ0n) is 6.49. The van der Waals surface area contributed by atoms with Gasteiger partial charge in [0, 0.05) is 12.6 Å². The summed E-state index contributed by atoms with van der Waals surface area (Å²) in [6.45, 7) is 1.28. The first-order valence-electron chi connectivity index (χ1n) is 4.21. The molecule has 1 N–H and O–H groups in total. The van der Waals surface area contributed by atoms with Crippen LogP contribution in [-0.4, -0.2) is 35.1 Å². The van der Waals surface area contributed by atoms with E-state index >= 15 is 0 Å². The van der Waals surface area contributed by atoms with Crippen LogP contribution in [0.25, 0.3) is 0 Å². The molecule has 1 aliphatic heterocycles. The normalized spacial score (nSPS) is 36.4. The number of carboxylic acid groups (broad SMARTS) is 1. The van der Waals surface area contributed by atoms with Crippen molar-refractivity contribution in [1.29, 1.82) is 0 Å². The Morgan fingerprint density at radius 1 is 1.55 bits per heavy atom. The SMILES string of the molecule is O=C(O)CN1C[C@@H]2CC[C@@H]1C2. The molecule has 1 saturated heterocycles. The van der Waals surface area contributed by atoms with E-state index in [2.05, 4.69) is 4.90 Å². The maximum atomic E-state index is 10.4. The van der Waals surface area contributed by atoms with E-state index in [-0.39, 0.29) is 6.54 Å². The van der Waals surface area contributed by atoms with Gasteiger partial charge >= 0.3 is 5.97 Å². The van der Waals surface area contributed by atoms with E-state index < -0.39 is 5.97 Å². The Kier molecular flexibility index (Phi) is 1.60. The molecule has 0 spiro atoms. The van der Waals surface area contributed by atoms with E-state index in [0.29, 0.717) is 6.04 Å². The Bertz CT molecular complexity index is 181. The van der Waals surface area contributed by atoms with Crippen LogP contribution in [0, 0.1) is 5.92 Å². The highest BCUT2D eigenvalue weighted by molar-refractivity contribution is 5.69. The summed E-state index contributed by atoms with van der Waals surface area (Å²) >= 11 is 0. The monoisotopic (exact) mass is 155 g/mol. The fraction of sp³-hybridized carbons (Fsp3) is 0.875. The van der Waals surface area contributed by atoms with Gasteiger partial charge in [-0.1, -0.05) is 0 Å². The first-order valence-corrected chi connectivity index (χ1v) is 4.21. The van der Waals surface area contributed by atoms with Gasteiger partial charge in [-0.3, -0.25) is 9.69 Å². The van der Waals surface area contributed by atoms with Gasteiger partial charge in [0.15, 0.2) is 0 Å². The number of rotatable bonds is 2. The number of nitrogens with zero attached hydrogens (tertiary/aromatic N) is 1. The quantitative estimate of drug-likeness (QED) is 0.633. The Morgan fingerprint density at radius 3 is 2.82 bits per heavy atom. The molecule has 0 radical (unpaired) electrons. The van der Waals surface area contributed by atoms with Gasteiger partial charge in [-0.15, -0.1) is 0 Å². The van der Waals surface area contributed by atoms with Crippen molar-refractivity contribution in [2.75, 3.05) is 13.1 Å². The summed E-state index contributed by atoms with van der Waals surface area (Å²) in [6, 6.07) is 0.594. The maximum absolute atomic E-state index is 10.4. The lowest BCUT2D eigenvalue weighted by atomic mass is 10.1. The molecule has 0 amide bonds. The van der Waals surface area contributed by atoms with Crippen LogP contribution in [-0.2, 0) is 4.79 Å². The fourth-order valence-electron chi connectivity index (χ4n) is 2.39. The Labute approximate surface area is 66.0 Å². The van der Waals surface area contributed by atoms with E-state index in [0.717, 1.165) is 12.5 Å². The molecule has 2 bridgehead atoms. The molecule has 1 saturated carbocycles. The molecule has 2 fully saturated rings. The molecule has 1 heterocycles. The molecule has 1 aliphatic carbocycles. The van der Waals surface area contributed by atoms with Gasteiger partial charge in [0.2, 0.25) is 0 Å². The molecule has 11 heavy (non-hydrogen) atoms. The van der Waals surface area contributed by atoms with Crippen molar-refractivity contribution >= 4 is 5.97 Å². The van der Waals surface area contributed by atoms with Gasteiger partial charge < -0.3 is 5.11 Å². The first-order chi connectivity index (χ1) is 5.25. The molecule has 0 aromatic heterocycles.